The molecule has 0 saturated heterocycles. The van der Waals surface area contributed by atoms with Crippen molar-refractivity contribution in [3.05, 3.63) is 29.8 Å². The number of hydrogen-bond acceptors (Lipinski definition) is 4. The summed E-state index contributed by atoms with van der Waals surface area (Å²) < 4.78 is 5.40. The summed E-state index contributed by atoms with van der Waals surface area (Å²) in [7, 11) is 0. The Bertz CT molecular complexity index is 303. The Hall–Kier alpha value is -0.710. The zero-order chi connectivity index (χ0) is 13.1. The molecule has 0 radical (unpaired) electrons. The van der Waals surface area contributed by atoms with E-state index in [2.05, 4.69) is 17.4 Å². The van der Waals surface area contributed by atoms with E-state index >= 15 is 0 Å². The quantitative estimate of drug-likeness (QED) is 0.640. The van der Waals surface area contributed by atoms with Gasteiger partial charge in [-0.05, 0) is 36.8 Å². The van der Waals surface area contributed by atoms with Gasteiger partial charge >= 0.3 is 0 Å². The Morgan fingerprint density at radius 1 is 1.22 bits per heavy atom. The van der Waals surface area contributed by atoms with Gasteiger partial charge in [-0.2, -0.15) is 11.8 Å². The molecule has 0 aromatic heterocycles. The molecule has 4 heteroatoms. The van der Waals surface area contributed by atoms with E-state index in [4.69, 9.17) is 9.84 Å². The second-order valence-corrected chi connectivity index (χ2v) is 5.17. The van der Waals surface area contributed by atoms with Crippen LogP contribution in [0.1, 0.15) is 18.9 Å². The minimum absolute atomic E-state index is 0.298. The van der Waals surface area contributed by atoms with E-state index in [0.29, 0.717) is 13.2 Å². The summed E-state index contributed by atoms with van der Waals surface area (Å²) in [5, 5.41) is 12.0. The van der Waals surface area contributed by atoms with Crippen LogP contribution in [0.15, 0.2) is 24.3 Å². The number of thioether (sulfide) groups is 1. The van der Waals surface area contributed by atoms with Crippen LogP contribution in [0.2, 0.25) is 0 Å². The van der Waals surface area contributed by atoms with Gasteiger partial charge in [0.05, 0.1) is 6.61 Å². The molecule has 0 bridgehead atoms. The minimum Gasteiger partial charge on any atom is -0.494 e. The topological polar surface area (TPSA) is 41.5 Å². The van der Waals surface area contributed by atoms with Crippen LogP contribution in [0.25, 0.3) is 0 Å². The smallest absolute Gasteiger partial charge is 0.119 e. The van der Waals surface area contributed by atoms with Gasteiger partial charge in [0.15, 0.2) is 0 Å². The van der Waals surface area contributed by atoms with Crippen LogP contribution in [0.4, 0.5) is 0 Å². The van der Waals surface area contributed by atoms with E-state index in [9.17, 15) is 0 Å². The molecule has 0 heterocycles. The molecule has 0 saturated carbocycles. The van der Waals surface area contributed by atoms with Crippen molar-refractivity contribution in [2.75, 3.05) is 31.3 Å². The zero-order valence-electron chi connectivity index (χ0n) is 11.0. The van der Waals surface area contributed by atoms with E-state index in [1.807, 2.05) is 30.8 Å². The van der Waals surface area contributed by atoms with Crippen LogP contribution in [0.3, 0.4) is 0 Å². The Morgan fingerprint density at radius 2 is 2.00 bits per heavy atom. The Kier molecular flexibility index (Phi) is 8.73. The van der Waals surface area contributed by atoms with Gasteiger partial charge in [0, 0.05) is 25.4 Å². The average molecular weight is 269 g/mol. The summed E-state index contributed by atoms with van der Waals surface area (Å²) >= 11 is 1.88. The van der Waals surface area contributed by atoms with E-state index < -0.39 is 0 Å². The summed E-state index contributed by atoms with van der Waals surface area (Å²) in [6.45, 7) is 4.90. The summed E-state index contributed by atoms with van der Waals surface area (Å²) in [5.74, 6) is 3.07. The van der Waals surface area contributed by atoms with Crippen molar-refractivity contribution < 1.29 is 9.84 Å². The lowest BCUT2D eigenvalue weighted by Gasteiger charge is -2.06. The number of benzene rings is 1. The van der Waals surface area contributed by atoms with Crippen LogP contribution in [0, 0.1) is 0 Å². The first-order chi connectivity index (χ1) is 8.86. The first-order valence-electron chi connectivity index (χ1n) is 6.48. The highest BCUT2D eigenvalue weighted by Crippen LogP contribution is 2.11. The van der Waals surface area contributed by atoms with Crippen molar-refractivity contribution in [1.29, 1.82) is 0 Å². The van der Waals surface area contributed by atoms with Crippen LogP contribution < -0.4 is 10.1 Å². The van der Waals surface area contributed by atoms with Crippen LogP contribution in [-0.4, -0.2) is 36.4 Å². The summed E-state index contributed by atoms with van der Waals surface area (Å²) in [6.07, 6.45) is 0.892. The fourth-order valence-electron chi connectivity index (χ4n) is 1.52. The molecule has 0 aliphatic heterocycles. The molecule has 0 spiro atoms. The second kappa shape index (κ2) is 10.2. The zero-order valence-corrected chi connectivity index (χ0v) is 11.8. The normalized spacial score (nSPS) is 10.6. The maximum atomic E-state index is 8.64. The first kappa shape index (κ1) is 15.3. The van der Waals surface area contributed by atoms with Crippen LogP contribution >= 0.6 is 11.8 Å². The third-order valence-corrected chi connectivity index (χ3v) is 3.50. The van der Waals surface area contributed by atoms with E-state index in [0.717, 1.165) is 36.8 Å². The van der Waals surface area contributed by atoms with Crippen molar-refractivity contribution in [3.8, 4) is 5.75 Å². The van der Waals surface area contributed by atoms with Crippen molar-refractivity contribution in [3.63, 3.8) is 0 Å². The predicted octanol–water partition coefficient (Wildman–Crippen LogP) is 2.29. The molecule has 1 aromatic rings. The predicted molar refractivity (Wildman–Crippen MR) is 78.3 cm³/mol. The Morgan fingerprint density at radius 3 is 2.67 bits per heavy atom. The SMILES string of the molecule is CCOc1ccc(CNCCSCCCO)cc1. The molecule has 0 unspecified atom stereocenters. The largest absolute Gasteiger partial charge is 0.494 e. The minimum atomic E-state index is 0.298. The second-order valence-electron chi connectivity index (χ2n) is 3.94. The number of aliphatic hydroxyl groups is 1. The highest BCUT2D eigenvalue weighted by molar-refractivity contribution is 7.99. The number of nitrogens with one attached hydrogen (secondary N) is 1. The third-order valence-electron chi connectivity index (χ3n) is 2.43. The van der Waals surface area contributed by atoms with Crippen molar-refractivity contribution in [2.24, 2.45) is 0 Å². The van der Waals surface area contributed by atoms with Gasteiger partial charge in [-0.1, -0.05) is 12.1 Å². The first-order valence-corrected chi connectivity index (χ1v) is 7.63. The van der Waals surface area contributed by atoms with Gasteiger partial charge in [0.25, 0.3) is 0 Å². The average Bonchev–Trinajstić information content (AvgIpc) is 2.40. The number of hydrogen-bond donors (Lipinski definition) is 2. The molecule has 3 nitrogen and oxygen atoms in total. The van der Waals surface area contributed by atoms with Gasteiger partial charge in [-0.3, -0.25) is 0 Å². The molecule has 0 fully saturated rings. The Balaban J connectivity index is 2.08. The lowest BCUT2D eigenvalue weighted by Crippen LogP contribution is -2.16. The number of aliphatic hydroxyl groups excluding tert-OH is 1. The maximum absolute atomic E-state index is 8.64. The fraction of sp³-hybridized carbons (Fsp3) is 0.571. The van der Waals surface area contributed by atoms with Crippen molar-refractivity contribution in [1.82, 2.24) is 5.32 Å². The molecule has 0 atom stereocenters. The van der Waals surface area contributed by atoms with E-state index in [1.54, 1.807) is 0 Å². The summed E-state index contributed by atoms with van der Waals surface area (Å²) in [6, 6.07) is 8.21. The lowest BCUT2D eigenvalue weighted by atomic mass is 10.2. The van der Waals surface area contributed by atoms with E-state index in [-0.39, 0.29) is 0 Å². The Labute approximate surface area is 114 Å². The molecular weight excluding hydrogens is 246 g/mol. The molecule has 102 valence electrons. The monoisotopic (exact) mass is 269 g/mol. The molecule has 18 heavy (non-hydrogen) atoms. The standard InChI is InChI=1S/C14H23NO2S/c1-2-17-14-6-4-13(5-7-14)12-15-8-11-18-10-3-9-16/h4-7,15-16H,2-3,8-12H2,1H3. The van der Waals surface area contributed by atoms with Gasteiger partial charge < -0.3 is 15.2 Å². The molecule has 0 aliphatic carbocycles. The lowest BCUT2D eigenvalue weighted by molar-refractivity contribution is 0.296. The summed E-state index contributed by atoms with van der Waals surface area (Å²) in [5.41, 5.74) is 1.28. The molecule has 2 N–H and O–H groups in total. The molecule has 1 aromatic carbocycles. The van der Waals surface area contributed by atoms with Gasteiger partial charge in [0.1, 0.15) is 5.75 Å². The number of rotatable bonds is 10. The van der Waals surface area contributed by atoms with Gasteiger partial charge in [-0.25, -0.2) is 0 Å². The van der Waals surface area contributed by atoms with Crippen LogP contribution in [-0.2, 0) is 6.54 Å². The number of ether oxygens (including phenoxy) is 1. The van der Waals surface area contributed by atoms with Gasteiger partial charge in [-0.15, -0.1) is 0 Å². The van der Waals surface area contributed by atoms with Crippen molar-refractivity contribution >= 4 is 11.8 Å². The van der Waals surface area contributed by atoms with Crippen LogP contribution in [0.5, 0.6) is 5.75 Å². The van der Waals surface area contributed by atoms with Gasteiger partial charge in [0.2, 0.25) is 0 Å². The molecular formula is C14H23NO2S. The fourth-order valence-corrected chi connectivity index (χ4v) is 2.34. The third kappa shape index (κ3) is 6.89. The molecule has 0 aliphatic rings. The van der Waals surface area contributed by atoms with E-state index in [1.165, 1.54) is 5.56 Å². The highest BCUT2D eigenvalue weighted by atomic mass is 32.2. The summed E-state index contributed by atoms with van der Waals surface area (Å²) in [4.78, 5) is 0. The maximum Gasteiger partial charge on any atom is 0.119 e. The molecule has 0 amide bonds. The molecule has 1 rings (SSSR count). The highest BCUT2D eigenvalue weighted by Gasteiger charge is 1.95. The van der Waals surface area contributed by atoms with Crippen molar-refractivity contribution in [2.45, 2.75) is 19.9 Å².